The van der Waals surface area contributed by atoms with Gasteiger partial charge in [0.25, 0.3) is 0 Å². The lowest BCUT2D eigenvalue weighted by Crippen LogP contribution is -2.58. The van der Waals surface area contributed by atoms with Crippen LogP contribution in [0.1, 0.15) is 44.9 Å². The lowest BCUT2D eigenvalue weighted by atomic mass is 10.1. The maximum atomic E-state index is 12.7. The monoisotopic (exact) mass is 503 g/mol. The summed E-state index contributed by atoms with van der Waals surface area (Å²) in [4.78, 5) is 82.3. The number of aliphatic carboxylic acids is 2. The molecule has 4 unspecified atom stereocenters. The summed E-state index contributed by atoms with van der Waals surface area (Å²) in [7, 11) is 0. The van der Waals surface area contributed by atoms with Gasteiger partial charge in [-0.2, -0.15) is 0 Å². The summed E-state index contributed by atoms with van der Waals surface area (Å²) in [5.41, 5.74) is 21.2. The lowest BCUT2D eigenvalue weighted by Gasteiger charge is -2.24. The van der Waals surface area contributed by atoms with Crippen molar-refractivity contribution >= 4 is 41.5 Å². The maximum Gasteiger partial charge on any atom is 0.326 e. The van der Waals surface area contributed by atoms with Crippen molar-refractivity contribution in [3.63, 3.8) is 0 Å². The van der Waals surface area contributed by atoms with Crippen LogP contribution in [-0.4, -0.2) is 82.4 Å². The fourth-order valence-corrected chi connectivity index (χ4v) is 2.80. The summed E-state index contributed by atoms with van der Waals surface area (Å²) in [6, 6.07) is -6.02. The highest BCUT2D eigenvalue weighted by Gasteiger charge is 2.32. The smallest absolute Gasteiger partial charge is 0.326 e. The van der Waals surface area contributed by atoms with E-state index in [0.717, 1.165) is 0 Å². The van der Waals surface area contributed by atoms with E-state index in [4.69, 9.17) is 28.0 Å². The number of amides is 5. The van der Waals surface area contributed by atoms with Crippen LogP contribution in [0.3, 0.4) is 0 Å². The van der Waals surface area contributed by atoms with E-state index >= 15 is 0 Å². The van der Waals surface area contributed by atoms with Gasteiger partial charge in [0.15, 0.2) is 0 Å². The zero-order valence-corrected chi connectivity index (χ0v) is 19.0. The summed E-state index contributed by atoms with van der Waals surface area (Å²) in [5.74, 6) is -7.97. The van der Waals surface area contributed by atoms with Gasteiger partial charge in [0, 0.05) is 6.42 Å². The fraction of sp³-hybridized carbons (Fsp3) is 0.632. The molecule has 0 saturated heterocycles. The molecule has 16 nitrogen and oxygen atoms in total. The number of hydrogen-bond acceptors (Lipinski definition) is 9. The summed E-state index contributed by atoms with van der Waals surface area (Å²) < 4.78 is 0. The van der Waals surface area contributed by atoms with Crippen molar-refractivity contribution in [3.05, 3.63) is 0 Å². The fourth-order valence-electron chi connectivity index (χ4n) is 2.80. The van der Waals surface area contributed by atoms with Gasteiger partial charge in [-0.25, -0.2) is 4.79 Å². The molecule has 13 N–H and O–H groups in total. The van der Waals surface area contributed by atoms with E-state index in [0.29, 0.717) is 19.4 Å². The van der Waals surface area contributed by atoms with E-state index in [1.807, 2.05) is 5.32 Å². The SMILES string of the molecule is NCCCCC(N)C(=O)NC(CC(N)=O)C(=O)NC(CC(=O)O)C(=O)NC(CCC(N)=O)C(=O)O. The molecule has 0 radical (unpaired) electrons. The van der Waals surface area contributed by atoms with Crippen molar-refractivity contribution in [2.75, 3.05) is 6.54 Å². The van der Waals surface area contributed by atoms with Crippen molar-refractivity contribution in [1.82, 2.24) is 16.0 Å². The van der Waals surface area contributed by atoms with Gasteiger partial charge in [-0.05, 0) is 25.8 Å². The Balaban J connectivity index is 5.47. The van der Waals surface area contributed by atoms with E-state index in [1.54, 1.807) is 0 Å². The third-order valence-electron chi connectivity index (χ3n) is 4.65. The number of hydrogen-bond donors (Lipinski definition) is 9. The number of carbonyl (C=O) groups is 7. The van der Waals surface area contributed by atoms with Crippen LogP contribution in [0.5, 0.6) is 0 Å². The zero-order chi connectivity index (χ0) is 27.1. The largest absolute Gasteiger partial charge is 0.481 e. The molecule has 0 aromatic carbocycles. The summed E-state index contributed by atoms with van der Waals surface area (Å²) in [6.07, 6.45) is -1.05. The van der Waals surface area contributed by atoms with Crippen LogP contribution in [-0.2, 0) is 33.6 Å². The Morgan fingerprint density at radius 2 is 1.20 bits per heavy atom. The third kappa shape index (κ3) is 13.5. The van der Waals surface area contributed by atoms with Crippen molar-refractivity contribution < 1.29 is 43.8 Å². The normalized spacial score (nSPS) is 14.0. The number of nitrogens with one attached hydrogen (secondary N) is 3. The highest BCUT2D eigenvalue weighted by Crippen LogP contribution is 2.04. The van der Waals surface area contributed by atoms with Crippen LogP contribution in [0.15, 0.2) is 0 Å². The van der Waals surface area contributed by atoms with Crippen LogP contribution in [0.25, 0.3) is 0 Å². The van der Waals surface area contributed by atoms with Gasteiger partial charge < -0.3 is 49.1 Å². The Labute approximate surface area is 200 Å². The van der Waals surface area contributed by atoms with E-state index < -0.39 is 78.5 Å². The number of nitrogens with two attached hydrogens (primary N) is 4. The summed E-state index contributed by atoms with van der Waals surface area (Å²) >= 11 is 0. The Morgan fingerprint density at radius 3 is 1.66 bits per heavy atom. The minimum absolute atomic E-state index is 0.236. The quantitative estimate of drug-likeness (QED) is 0.0804. The number of carbonyl (C=O) groups excluding carboxylic acids is 5. The van der Waals surface area contributed by atoms with Crippen LogP contribution >= 0.6 is 0 Å². The predicted molar refractivity (Wildman–Crippen MR) is 119 cm³/mol. The van der Waals surface area contributed by atoms with E-state index in [1.165, 1.54) is 0 Å². The van der Waals surface area contributed by atoms with Crippen LogP contribution in [0.2, 0.25) is 0 Å². The highest BCUT2D eigenvalue weighted by atomic mass is 16.4. The molecule has 0 spiro atoms. The van der Waals surface area contributed by atoms with Crippen LogP contribution in [0, 0.1) is 0 Å². The lowest BCUT2D eigenvalue weighted by molar-refractivity contribution is -0.144. The van der Waals surface area contributed by atoms with Crippen molar-refractivity contribution in [1.29, 1.82) is 0 Å². The van der Waals surface area contributed by atoms with Gasteiger partial charge in [-0.15, -0.1) is 0 Å². The van der Waals surface area contributed by atoms with Gasteiger partial charge in [0.1, 0.15) is 18.1 Å². The Kier molecular flexibility index (Phi) is 14.2. The average Bonchev–Trinajstić information content (AvgIpc) is 2.74. The molecule has 0 aliphatic heterocycles. The minimum atomic E-state index is -1.79. The molecule has 35 heavy (non-hydrogen) atoms. The first-order valence-corrected chi connectivity index (χ1v) is 10.7. The molecule has 0 aromatic heterocycles. The molecule has 0 heterocycles. The Hall–Kier alpha value is -3.79. The zero-order valence-electron chi connectivity index (χ0n) is 19.0. The summed E-state index contributed by atoms with van der Waals surface area (Å²) in [5, 5.41) is 24.6. The molecule has 198 valence electrons. The van der Waals surface area contributed by atoms with Gasteiger partial charge in [-0.3, -0.25) is 28.8 Å². The molecule has 0 aliphatic rings. The Morgan fingerprint density at radius 1 is 0.686 bits per heavy atom. The molecule has 0 bridgehead atoms. The molecule has 0 rings (SSSR count). The van der Waals surface area contributed by atoms with Gasteiger partial charge in [0.2, 0.25) is 29.5 Å². The van der Waals surface area contributed by atoms with E-state index in [-0.39, 0.29) is 19.3 Å². The van der Waals surface area contributed by atoms with E-state index in [2.05, 4.69) is 10.6 Å². The number of carboxylic acids is 2. The van der Waals surface area contributed by atoms with Crippen molar-refractivity contribution in [2.45, 2.75) is 69.1 Å². The number of rotatable bonds is 18. The number of unbranched alkanes of at least 4 members (excludes halogenated alkanes) is 1. The van der Waals surface area contributed by atoms with Crippen molar-refractivity contribution in [3.8, 4) is 0 Å². The second kappa shape index (κ2) is 15.9. The molecule has 0 aromatic rings. The molecular weight excluding hydrogens is 470 g/mol. The first kappa shape index (κ1) is 31.2. The minimum Gasteiger partial charge on any atom is -0.481 e. The van der Waals surface area contributed by atoms with Crippen LogP contribution < -0.4 is 38.9 Å². The van der Waals surface area contributed by atoms with Gasteiger partial charge in [-0.1, -0.05) is 6.42 Å². The van der Waals surface area contributed by atoms with Gasteiger partial charge in [0.05, 0.1) is 18.9 Å². The standard InChI is InChI=1S/C19H33N7O9/c20-6-2-1-3-9(21)16(31)25-11(7-14(23)28)17(32)26-12(8-15(29)30)18(33)24-10(19(34)35)4-5-13(22)27/h9-12H,1-8,20-21H2,(H2,22,27)(H2,23,28)(H,24,33)(H,25,31)(H,26,32)(H,29,30)(H,34,35). The number of carboxylic acid groups (broad SMARTS) is 2. The van der Waals surface area contributed by atoms with Crippen molar-refractivity contribution in [2.24, 2.45) is 22.9 Å². The highest BCUT2D eigenvalue weighted by molar-refractivity contribution is 5.97. The topological polar surface area (TPSA) is 300 Å². The molecule has 0 fully saturated rings. The molecule has 0 saturated carbocycles. The van der Waals surface area contributed by atoms with Crippen LogP contribution in [0.4, 0.5) is 0 Å². The Bertz CT molecular complexity index is 806. The molecule has 0 aliphatic carbocycles. The maximum absolute atomic E-state index is 12.7. The second-order valence-electron chi connectivity index (χ2n) is 7.69. The molecule has 16 heteroatoms. The third-order valence-corrected chi connectivity index (χ3v) is 4.65. The predicted octanol–water partition coefficient (Wildman–Crippen LogP) is -4.40. The van der Waals surface area contributed by atoms with Gasteiger partial charge >= 0.3 is 11.9 Å². The molecular formula is C19H33N7O9. The second-order valence-corrected chi connectivity index (χ2v) is 7.69. The number of primary amides is 2. The first-order chi connectivity index (χ1) is 16.3. The van der Waals surface area contributed by atoms with E-state index in [9.17, 15) is 38.7 Å². The molecule has 4 atom stereocenters. The molecule has 5 amide bonds. The first-order valence-electron chi connectivity index (χ1n) is 10.7. The average molecular weight is 504 g/mol. The summed E-state index contributed by atoms with van der Waals surface area (Å²) in [6.45, 7) is 0.388.